The molecule has 1 amide bonds. The number of carbonyl (C=O) groups excluding carboxylic acids is 1. The molecule has 1 N–H and O–H groups in total. The number of furan rings is 1. The number of hydrogen-bond acceptors (Lipinski definition) is 5. The molecule has 23 heavy (non-hydrogen) atoms. The van der Waals surface area contributed by atoms with Gasteiger partial charge in [0.05, 0.1) is 12.8 Å². The van der Waals surface area contributed by atoms with Crippen LogP contribution in [0.25, 0.3) is 0 Å². The predicted molar refractivity (Wildman–Crippen MR) is 82.3 cm³/mol. The van der Waals surface area contributed by atoms with Gasteiger partial charge >= 0.3 is 0 Å². The summed E-state index contributed by atoms with van der Waals surface area (Å²) in [5, 5.41) is 14.2. The van der Waals surface area contributed by atoms with E-state index in [1.165, 1.54) is 0 Å². The Hall–Kier alpha value is -2.96. The van der Waals surface area contributed by atoms with Gasteiger partial charge in [-0.25, -0.2) is 4.68 Å². The second kappa shape index (κ2) is 6.87. The number of nitrogens with one attached hydrogen (secondary N) is 1. The van der Waals surface area contributed by atoms with Crippen molar-refractivity contribution in [1.29, 1.82) is 0 Å². The van der Waals surface area contributed by atoms with Crippen LogP contribution in [0, 0.1) is 6.92 Å². The normalized spacial score (nSPS) is 12.0. The van der Waals surface area contributed by atoms with Crippen LogP contribution in [0.1, 0.15) is 29.6 Å². The maximum absolute atomic E-state index is 12.3. The van der Waals surface area contributed by atoms with Gasteiger partial charge in [-0.1, -0.05) is 30.3 Å². The molecule has 0 saturated carbocycles. The molecule has 0 unspecified atom stereocenters. The second-order valence-electron chi connectivity index (χ2n) is 5.13. The highest BCUT2D eigenvalue weighted by Gasteiger charge is 2.19. The molecular weight excluding hydrogens is 294 g/mol. The van der Waals surface area contributed by atoms with Crippen molar-refractivity contribution < 1.29 is 9.21 Å². The highest BCUT2D eigenvalue weighted by Crippen LogP contribution is 2.22. The lowest BCUT2D eigenvalue weighted by Gasteiger charge is -2.17. The summed E-state index contributed by atoms with van der Waals surface area (Å²) in [7, 11) is 0. The van der Waals surface area contributed by atoms with E-state index in [0.717, 1.165) is 5.56 Å². The summed E-state index contributed by atoms with van der Waals surface area (Å²) in [6.07, 6.45) is 1.89. The van der Waals surface area contributed by atoms with E-state index in [0.29, 0.717) is 18.1 Å². The lowest BCUT2D eigenvalue weighted by molar-refractivity contribution is -0.122. The monoisotopic (exact) mass is 311 g/mol. The van der Waals surface area contributed by atoms with Crippen molar-refractivity contribution in [2.24, 2.45) is 0 Å². The van der Waals surface area contributed by atoms with Crippen LogP contribution in [-0.2, 0) is 11.3 Å². The molecule has 0 aliphatic heterocycles. The van der Waals surface area contributed by atoms with Crippen LogP contribution in [0.5, 0.6) is 0 Å². The molecule has 0 aliphatic rings. The molecule has 7 nitrogen and oxygen atoms in total. The largest absolute Gasteiger partial charge is 0.467 e. The molecule has 2 aromatic heterocycles. The van der Waals surface area contributed by atoms with E-state index < -0.39 is 0 Å². The van der Waals surface area contributed by atoms with E-state index in [2.05, 4.69) is 20.8 Å². The van der Waals surface area contributed by atoms with Gasteiger partial charge in [-0.05, 0) is 35.0 Å². The van der Waals surface area contributed by atoms with Crippen molar-refractivity contribution in [2.45, 2.75) is 25.9 Å². The summed E-state index contributed by atoms with van der Waals surface area (Å²) in [5.41, 5.74) is 0.967. The zero-order chi connectivity index (χ0) is 16.1. The minimum Gasteiger partial charge on any atom is -0.467 e. The van der Waals surface area contributed by atoms with Crippen LogP contribution in [0.2, 0.25) is 0 Å². The van der Waals surface area contributed by atoms with Crippen molar-refractivity contribution >= 4 is 5.91 Å². The molecule has 3 rings (SSSR count). The fraction of sp³-hybridized carbons (Fsp3) is 0.250. The zero-order valence-electron chi connectivity index (χ0n) is 12.7. The molecule has 2 heterocycles. The van der Waals surface area contributed by atoms with Gasteiger partial charge in [-0.2, -0.15) is 0 Å². The SMILES string of the molecule is Cc1nnnn1CCC(=O)N[C@@H](c1ccccc1)c1ccco1. The fourth-order valence-electron chi connectivity index (χ4n) is 2.32. The molecule has 0 radical (unpaired) electrons. The highest BCUT2D eigenvalue weighted by atomic mass is 16.3. The highest BCUT2D eigenvalue weighted by molar-refractivity contribution is 5.76. The maximum atomic E-state index is 12.3. The molecule has 7 heteroatoms. The van der Waals surface area contributed by atoms with Crippen molar-refractivity contribution in [3.63, 3.8) is 0 Å². The van der Waals surface area contributed by atoms with Gasteiger partial charge in [0.1, 0.15) is 17.6 Å². The molecule has 0 aliphatic carbocycles. The van der Waals surface area contributed by atoms with Gasteiger partial charge < -0.3 is 9.73 Å². The first-order valence-electron chi connectivity index (χ1n) is 7.34. The van der Waals surface area contributed by atoms with Crippen LogP contribution in [0.15, 0.2) is 53.1 Å². The Labute approximate surface area is 133 Å². The number of aryl methyl sites for hydroxylation is 2. The third-order valence-corrected chi connectivity index (χ3v) is 3.53. The Morgan fingerprint density at radius 1 is 1.26 bits per heavy atom. The van der Waals surface area contributed by atoms with Crippen molar-refractivity contribution in [3.8, 4) is 0 Å². The van der Waals surface area contributed by atoms with Gasteiger partial charge in [-0.3, -0.25) is 4.79 Å². The molecular formula is C16H17N5O2. The third-order valence-electron chi connectivity index (χ3n) is 3.53. The van der Waals surface area contributed by atoms with Crippen molar-refractivity contribution in [1.82, 2.24) is 25.5 Å². The predicted octanol–water partition coefficient (Wildman–Crippen LogP) is 1.87. The molecule has 0 bridgehead atoms. The maximum Gasteiger partial charge on any atom is 0.222 e. The summed E-state index contributed by atoms with van der Waals surface area (Å²) in [6.45, 7) is 2.23. The van der Waals surface area contributed by atoms with Gasteiger partial charge in [0.2, 0.25) is 5.91 Å². The average Bonchev–Trinajstić information content (AvgIpc) is 3.23. The summed E-state index contributed by atoms with van der Waals surface area (Å²) >= 11 is 0. The first-order valence-corrected chi connectivity index (χ1v) is 7.34. The number of amides is 1. The van der Waals surface area contributed by atoms with E-state index in [9.17, 15) is 4.79 Å². The van der Waals surface area contributed by atoms with Crippen LogP contribution < -0.4 is 5.32 Å². The Morgan fingerprint density at radius 2 is 2.09 bits per heavy atom. The summed E-state index contributed by atoms with van der Waals surface area (Å²) in [6, 6.07) is 13.1. The molecule has 1 aromatic carbocycles. The molecule has 118 valence electrons. The topological polar surface area (TPSA) is 85.8 Å². The summed E-state index contributed by atoms with van der Waals surface area (Å²) < 4.78 is 7.07. The van der Waals surface area contributed by atoms with E-state index in [1.54, 1.807) is 17.9 Å². The van der Waals surface area contributed by atoms with Gasteiger partial charge in [0, 0.05) is 6.42 Å². The zero-order valence-corrected chi connectivity index (χ0v) is 12.7. The van der Waals surface area contributed by atoms with Crippen molar-refractivity contribution in [3.05, 3.63) is 65.9 Å². The van der Waals surface area contributed by atoms with E-state index >= 15 is 0 Å². The number of nitrogens with zero attached hydrogens (tertiary/aromatic N) is 4. The number of rotatable bonds is 6. The molecule has 1 atom stereocenters. The van der Waals surface area contributed by atoms with Gasteiger partial charge in [-0.15, -0.1) is 5.10 Å². The minimum atomic E-state index is -0.311. The van der Waals surface area contributed by atoms with Gasteiger partial charge in [0.25, 0.3) is 0 Å². The Morgan fingerprint density at radius 3 is 2.74 bits per heavy atom. The van der Waals surface area contributed by atoms with E-state index in [4.69, 9.17) is 4.42 Å². The molecule has 0 spiro atoms. The second-order valence-corrected chi connectivity index (χ2v) is 5.13. The van der Waals surface area contributed by atoms with E-state index in [1.807, 2.05) is 42.5 Å². The number of benzene rings is 1. The average molecular weight is 311 g/mol. The number of carbonyl (C=O) groups is 1. The van der Waals surface area contributed by atoms with E-state index in [-0.39, 0.29) is 18.4 Å². The molecule has 0 fully saturated rings. The molecule has 0 saturated heterocycles. The quantitative estimate of drug-likeness (QED) is 0.751. The van der Waals surface area contributed by atoms with Crippen molar-refractivity contribution in [2.75, 3.05) is 0 Å². The lowest BCUT2D eigenvalue weighted by atomic mass is 10.0. The molecule has 3 aromatic rings. The Balaban J connectivity index is 1.69. The number of hydrogen-bond donors (Lipinski definition) is 1. The smallest absolute Gasteiger partial charge is 0.222 e. The van der Waals surface area contributed by atoms with Gasteiger partial charge in [0.15, 0.2) is 0 Å². The summed E-state index contributed by atoms with van der Waals surface area (Å²) in [4.78, 5) is 12.3. The number of tetrazole rings is 1. The Kier molecular flexibility index (Phi) is 4.46. The lowest BCUT2D eigenvalue weighted by Crippen LogP contribution is -2.30. The first kappa shape index (κ1) is 15.0. The van der Waals surface area contributed by atoms with Crippen LogP contribution >= 0.6 is 0 Å². The van der Waals surface area contributed by atoms with Crippen LogP contribution in [0.4, 0.5) is 0 Å². The minimum absolute atomic E-state index is 0.0925. The van der Waals surface area contributed by atoms with Crippen LogP contribution in [0.3, 0.4) is 0 Å². The summed E-state index contributed by atoms with van der Waals surface area (Å²) in [5.74, 6) is 1.29. The Bertz CT molecular complexity index is 752. The number of aromatic nitrogens is 4. The fourth-order valence-corrected chi connectivity index (χ4v) is 2.32. The standard InChI is InChI=1S/C16H17N5O2/c1-12-18-19-20-21(12)10-9-15(22)17-16(14-8-5-11-23-14)13-6-3-2-4-7-13/h2-8,11,16H,9-10H2,1H3,(H,17,22)/t16-/m0/s1. The first-order chi connectivity index (χ1) is 11.2. The van der Waals surface area contributed by atoms with Crippen LogP contribution in [-0.4, -0.2) is 26.1 Å². The third kappa shape index (κ3) is 3.63.